The molecule has 0 heterocycles. The summed E-state index contributed by atoms with van der Waals surface area (Å²) in [5, 5.41) is 0. The Morgan fingerprint density at radius 1 is 1.15 bits per heavy atom. The number of rotatable bonds is 4. The number of thioether (sulfide) groups is 1. The summed E-state index contributed by atoms with van der Waals surface area (Å²) in [7, 11) is 0. The fraction of sp³-hybridized carbons (Fsp3) is 0.826. The van der Waals surface area contributed by atoms with Crippen LogP contribution in [0.15, 0.2) is 11.6 Å². The molecule has 0 amide bonds. The number of carbonyl (C=O) groups is 2. The summed E-state index contributed by atoms with van der Waals surface area (Å²) in [5.41, 5.74) is 1.81. The van der Waals surface area contributed by atoms with Crippen molar-refractivity contribution in [1.29, 1.82) is 0 Å². The van der Waals surface area contributed by atoms with E-state index < -0.39 is 0 Å². The highest BCUT2D eigenvalue weighted by Crippen LogP contribution is 2.65. The Balaban J connectivity index is 1.51. The predicted molar refractivity (Wildman–Crippen MR) is 110 cm³/mol. The van der Waals surface area contributed by atoms with Crippen LogP contribution in [0.25, 0.3) is 0 Å². The molecular formula is C23H34O3S. The van der Waals surface area contributed by atoms with Gasteiger partial charge in [0.05, 0.1) is 5.75 Å². The maximum absolute atomic E-state index is 12.2. The first-order valence-corrected chi connectivity index (χ1v) is 12.0. The lowest BCUT2D eigenvalue weighted by molar-refractivity contribution is -0.156. The summed E-state index contributed by atoms with van der Waals surface area (Å²) >= 11 is 1.65. The van der Waals surface area contributed by atoms with Crippen molar-refractivity contribution in [3.05, 3.63) is 11.6 Å². The minimum Gasteiger partial charge on any atom is -0.461 e. The van der Waals surface area contributed by atoms with Crippen LogP contribution in [0.4, 0.5) is 0 Å². The molecule has 4 aliphatic rings. The van der Waals surface area contributed by atoms with Crippen LogP contribution in [0.2, 0.25) is 0 Å². The van der Waals surface area contributed by atoms with E-state index in [-0.39, 0.29) is 22.9 Å². The van der Waals surface area contributed by atoms with Crippen molar-refractivity contribution in [3.63, 3.8) is 0 Å². The predicted octanol–water partition coefficient (Wildman–Crippen LogP) is 5.18. The van der Waals surface area contributed by atoms with Gasteiger partial charge >= 0.3 is 5.97 Å². The zero-order chi connectivity index (χ0) is 19.2. The second kappa shape index (κ2) is 7.24. The van der Waals surface area contributed by atoms with E-state index in [0.29, 0.717) is 23.4 Å². The molecule has 0 aromatic carbocycles. The van der Waals surface area contributed by atoms with Crippen molar-refractivity contribution in [2.24, 2.45) is 28.6 Å². The highest BCUT2D eigenvalue weighted by Gasteiger charge is 2.59. The first-order chi connectivity index (χ1) is 12.9. The van der Waals surface area contributed by atoms with Gasteiger partial charge in [-0.3, -0.25) is 9.59 Å². The number of carbonyl (C=O) groups excluding carboxylic acids is 2. The molecule has 3 nitrogen and oxygen atoms in total. The van der Waals surface area contributed by atoms with Gasteiger partial charge in [-0.1, -0.05) is 26.3 Å². The van der Waals surface area contributed by atoms with Gasteiger partial charge in [-0.05, 0) is 79.9 Å². The SMILES string of the molecule is CCSCC(=O)O[C@H]1CCC2C3CCC4=CC(=O)CCC4(C)C3CCC21C. The van der Waals surface area contributed by atoms with Gasteiger partial charge in [0.25, 0.3) is 0 Å². The Kier molecular flexibility index (Phi) is 5.24. The molecule has 6 atom stereocenters. The molecule has 4 heteroatoms. The summed E-state index contributed by atoms with van der Waals surface area (Å²) in [4.78, 5) is 24.2. The minimum atomic E-state index is -0.0255. The minimum absolute atomic E-state index is 0.0255. The van der Waals surface area contributed by atoms with Gasteiger partial charge in [-0.15, -0.1) is 0 Å². The van der Waals surface area contributed by atoms with Crippen molar-refractivity contribution in [2.75, 3.05) is 11.5 Å². The molecule has 5 unspecified atom stereocenters. The van der Waals surface area contributed by atoms with Crippen LogP contribution in [0.5, 0.6) is 0 Å². The maximum atomic E-state index is 12.2. The summed E-state index contributed by atoms with van der Waals surface area (Å²) < 4.78 is 6.00. The average Bonchev–Trinajstić information content (AvgIpc) is 2.97. The maximum Gasteiger partial charge on any atom is 0.316 e. The Bertz CT molecular complexity index is 656. The van der Waals surface area contributed by atoms with Gasteiger partial charge in [0.15, 0.2) is 5.78 Å². The molecule has 0 saturated heterocycles. The fourth-order valence-corrected chi connectivity index (χ4v) is 7.52. The van der Waals surface area contributed by atoms with Crippen molar-refractivity contribution in [3.8, 4) is 0 Å². The van der Waals surface area contributed by atoms with Crippen LogP contribution in [0.3, 0.4) is 0 Å². The van der Waals surface area contributed by atoms with E-state index in [1.54, 1.807) is 11.8 Å². The molecule has 0 aromatic rings. The molecule has 3 saturated carbocycles. The smallest absolute Gasteiger partial charge is 0.316 e. The number of allylic oxidation sites excluding steroid dienone is 1. The van der Waals surface area contributed by atoms with Crippen LogP contribution in [-0.2, 0) is 14.3 Å². The quantitative estimate of drug-likeness (QED) is 0.620. The lowest BCUT2D eigenvalue weighted by Crippen LogP contribution is -2.51. The van der Waals surface area contributed by atoms with Crippen LogP contribution in [0.1, 0.15) is 72.1 Å². The van der Waals surface area contributed by atoms with E-state index in [9.17, 15) is 9.59 Å². The molecule has 0 spiro atoms. The molecule has 0 radical (unpaired) electrons. The fourth-order valence-electron chi connectivity index (χ4n) is 7.08. The number of fused-ring (bicyclic) bond motifs is 5. The molecule has 0 aliphatic heterocycles. The van der Waals surface area contributed by atoms with Gasteiger partial charge in [0.2, 0.25) is 0 Å². The third-order valence-electron chi connectivity index (χ3n) is 8.57. The Labute approximate surface area is 168 Å². The van der Waals surface area contributed by atoms with E-state index >= 15 is 0 Å². The second-order valence-corrected chi connectivity index (χ2v) is 11.0. The normalized spacial score (nSPS) is 43.4. The molecule has 4 rings (SSSR count). The van der Waals surface area contributed by atoms with Gasteiger partial charge in [-0.25, -0.2) is 0 Å². The summed E-state index contributed by atoms with van der Waals surface area (Å²) in [6.07, 6.45) is 10.8. The standard InChI is InChI=1S/C23H34O3S/c1-4-27-14-21(25)26-20-8-7-18-17-6-5-15-13-16(24)9-11-22(15,2)19(17)10-12-23(18,20)3/h13,17-20H,4-12,14H2,1-3H3/t17?,18?,19?,20-,22?,23?/m0/s1. The Morgan fingerprint density at radius 3 is 2.74 bits per heavy atom. The zero-order valence-electron chi connectivity index (χ0n) is 17.1. The van der Waals surface area contributed by atoms with E-state index in [4.69, 9.17) is 4.74 Å². The highest BCUT2D eigenvalue weighted by atomic mass is 32.2. The monoisotopic (exact) mass is 390 g/mol. The van der Waals surface area contributed by atoms with Crippen LogP contribution in [-0.4, -0.2) is 29.4 Å². The zero-order valence-corrected chi connectivity index (χ0v) is 17.9. The number of ether oxygens (including phenoxy) is 1. The van der Waals surface area contributed by atoms with Crippen molar-refractivity contribution in [2.45, 2.75) is 78.2 Å². The van der Waals surface area contributed by atoms with Crippen LogP contribution < -0.4 is 0 Å². The molecule has 0 bridgehead atoms. The summed E-state index contributed by atoms with van der Waals surface area (Å²) in [5.74, 6) is 3.85. The summed E-state index contributed by atoms with van der Waals surface area (Å²) in [6.45, 7) is 6.90. The molecule has 3 fully saturated rings. The molecule has 150 valence electrons. The second-order valence-electron chi connectivity index (χ2n) is 9.71. The number of hydrogen-bond acceptors (Lipinski definition) is 4. The molecule has 27 heavy (non-hydrogen) atoms. The van der Waals surface area contributed by atoms with Gasteiger partial charge in [-0.2, -0.15) is 11.8 Å². The van der Waals surface area contributed by atoms with E-state index in [2.05, 4.69) is 20.8 Å². The molecule has 0 aromatic heterocycles. The van der Waals surface area contributed by atoms with E-state index in [0.717, 1.165) is 43.8 Å². The molecule has 0 N–H and O–H groups in total. The van der Waals surface area contributed by atoms with Gasteiger partial charge in [0, 0.05) is 11.8 Å². The van der Waals surface area contributed by atoms with Gasteiger partial charge in [0.1, 0.15) is 6.10 Å². The first-order valence-electron chi connectivity index (χ1n) is 10.9. The van der Waals surface area contributed by atoms with E-state index in [1.165, 1.54) is 24.8 Å². The van der Waals surface area contributed by atoms with Crippen LogP contribution >= 0.6 is 11.8 Å². The molecular weight excluding hydrogens is 356 g/mol. The highest BCUT2D eigenvalue weighted by molar-refractivity contribution is 7.99. The number of ketones is 1. The van der Waals surface area contributed by atoms with Crippen molar-refractivity contribution in [1.82, 2.24) is 0 Å². The number of esters is 1. The van der Waals surface area contributed by atoms with Gasteiger partial charge < -0.3 is 4.74 Å². The largest absolute Gasteiger partial charge is 0.461 e. The lowest BCUT2D eigenvalue weighted by Gasteiger charge is -2.57. The number of hydrogen-bond donors (Lipinski definition) is 0. The van der Waals surface area contributed by atoms with E-state index in [1.807, 2.05) is 6.08 Å². The van der Waals surface area contributed by atoms with Crippen LogP contribution in [0, 0.1) is 28.6 Å². The third kappa shape index (κ3) is 3.20. The Morgan fingerprint density at radius 2 is 1.96 bits per heavy atom. The average molecular weight is 391 g/mol. The third-order valence-corrected chi connectivity index (χ3v) is 9.42. The van der Waals surface area contributed by atoms with Crippen molar-refractivity contribution >= 4 is 23.5 Å². The lowest BCUT2D eigenvalue weighted by atomic mass is 9.47. The topological polar surface area (TPSA) is 43.4 Å². The first kappa shape index (κ1) is 19.5. The van der Waals surface area contributed by atoms with Crippen molar-refractivity contribution < 1.29 is 14.3 Å². The molecule has 4 aliphatic carbocycles. The Hall–Kier alpha value is -0.770. The summed E-state index contributed by atoms with van der Waals surface area (Å²) in [6, 6.07) is 0.